The number of rotatable bonds is 6. The topological polar surface area (TPSA) is 81.8 Å². The molecule has 0 radical (unpaired) electrons. The predicted molar refractivity (Wildman–Crippen MR) is 133 cm³/mol. The predicted octanol–water partition coefficient (Wildman–Crippen LogP) is 3.78. The zero-order valence-corrected chi connectivity index (χ0v) is 19.5. The average molecular weight is 475 g/mol. The van der Waals surface area contributed by atoms with Crippen LogP contribution in [0.4, 0.5) is 15.8 Å². The number of hydrogen-bond acceptors (Lipinski definition) is 4. The van der Waals surface area contributed by atoms with Crippen molar-refractivity contribution in [3.63, 3.8) is 0 Å². The summed E-state index contributed by atoms with van der Waals surface area (Å²) in [5, 5.41) is 5.65. The summed E-state index contributed by atoms with van der Waals surface area (Å²) in [6, 6.07) is 19.8. The number of nitrogens with one attached hydrogen (secondary N) is 2. The van der Waals surface area contributed by atoms with Gasteiger partial charge in [-0.1, -0.05) is 24.3 Å². The Morgan fingerprint density at radius 2 is 1.51 bits per heavy atom. The van der Waals surface area contributed by atoms with Gasteiger partial charge in [0.1, 0.15) is 5.82 Å². The van der Waals surface area contributed by atoms with Gasteiger partial charge in [-0.25, -0.2) is 4.39 Å². The summed E-state index contributed by atoms with van der Waals surface area (Å²) in [4.78, 5) is 41.7. The standard InChI is InChI=1S/C27H27FN4O3/c1-19-7-8-21(17-24(19)30-26(34)20-5-3-2-4-6-20)27(35)32-15-13-31(14-16-32)18-25(33)29-23-11-9-22(28)10-12-23/h2-12,17H,13-16,18H2,1H3,(H,29,33)(H,30,34). The molecule has 0 spiro atoms. The normalized spacial score (nSPS) is 13.8. The molecular weight excluding hydrogens is 447 g/mol. The van der Waals surface area contributed by atoms with Gasteiger partial charge in [-0.2, -0.15) is 0 Å². The lowest BCUT2D eigenvalue weighted by Crippen LogP contribution is -2.50. The van der Waals surface area contributed by atoms with Crippen molar-refractivity contribution in [2.75, 3.05) is 43.4 Å². The maximum atomic E-state index is 13.1. The Balaban J connectivity index is 1.31. The van der Waals surface area contributed by atoms with Crippen molar-refractivity contribution in [3.8, 4) is 0 Å². The minimum Gasteiger partial charge on any atom is -0.336 e. The van der Waals surface area contributed by atoms with Crippen molar-refractivity contribution >= 4 is 29.1 Å². The number of aryl methyl sites for hydroxylation is 1. The Morgan fingerprint density at radius 3 is 2.20 bits per heavy atom. The zero-order chi connectivity index (χ0) is 24.8. The summed E-state index contributed by atoms with van der Waals surface area (Å²) in [5.74, 6) is -0.891. The fraction of sp³-hybridized carbons (Fsp3) is 0.222. The van der Waals surface area contributed by atoms with E-state index in [-0.39, 0.29) is 30.1 Å². The van der Waals surface area contributed by atoms with Crippen molar-refractivity contribution in [2.45, 2.75) is 6.92 Å². The van der Waals surface area contributed by atoms with Gasteiger partial charge in [-0.15, -0.1) is 0 Å². The largest absolute Gasteiger partial charge is 0.336 e. The minimum absolute atomic E-state index is 0.115. The summed E-state index contributed by atoms with van der Waals surface area (Å²) < 4.78 is 13.0. The van der Waals surface area contributed by atoms with Gasteiger partial charge in [0.25, 0.3) is 11.8 Å². The molecule has 1 aliphatic rings. The van der Waals surface area contributed by atoms with E-state index < -0.39 is 0 Å². The lowest BCUT2D eigenvalue weighted by atomic mass is 10.1. The molecule has 0 unspecified atom stereocenters. The summed E-state index contributed by atoms with van der Waals surface area (Å²) in [5.41, 5.74) is 3.05. The molecule has 7 nitrogen and oxygen atoms in total. The molecule has 3 aromatic carbocycles. The third kappa shape index (κ3) is 6.30. The summed E-state index contributed by atoms with van der Waals surface area (Å²) in [6.07, 6.45) is 0. The average Bonchev–Trinajstić information content (AvgIpc) is 2.87. The van der Waals surface area contributed by atoms with Gasteiger partial charge in [-0.05, 0) is 61.0 Å². The first kappa shape index (κ1) is 24.1. The van der Waals surface area contributed by atoms with E-state index in [1.807, 2.05) is 24.0 Å². The molecular formula is C27H27FN4O3. The minimum atomic E-state index is -0.358. The molecule has 35 heavy (non-hydrogen) atoms. The van der Waals surface area contributed by atoms with E-state index in [2.05, 4.69) is 10.6 Å². The number of halogens is 1. The Labute approximate surface area is 203 Å². The highest BCUT2D eigenvalue weighted by molar-refractivity contribution is 6.05. The highest BCUT2D eigenvalue weighted by Crippen LogP contribution is 2.20. The van der Waals surface area contributed by atoms with Crippen LogP contribution in [0, 0.1) is 12.7 Å². The highest BCUT2D eigenvalue weighted by atomic mass is 19.1. The SMILES string of the molecule is Cc1ccc(C(=O)N2CCN(CC(=O)Nc3ccc(F)cc3)CC2)cc1NC(=O)c1ccccc1. The first-order chi connectivity index (χ1) is 16.9. The van der Waals surface area contributed by atoms with Crippen molar-refractivity contribution in [2.24, 2.45) is 0 Å². The van der Waals surface area contributed by atoms with Crippen molar-refractivity contribution in [1.82, 2.24) is 9.80 Å². The van der Waals surface area contributed by atoms with Gasteiger partial charge in [0.15, 0.2) is 0 Å². The molecule has 8 heteroatoms. The van der Waals surface area contributed by atoms with Crippen molar-refractivity contribution in [3.05, 3.63) is 95.3 Å². The number of piperazine rings is 1. The lowest BCUT2D eigenvalue weighted by Gasteiger charge is -2.34. The number of benzene rings is 3. The van der Waals surface area contributed by atoms with E-state index in [1.165, 1.54) is 24.3 Å². The van der Waals surface area contributed by atoms with E-state index in [1.54, 1.807) is 41.3 Å². The molecule has 180 valence electrons. The number of anilines is 2. The molecule has 0 atom stereocenters. The second kappa shape index (κ2) is 10.9. The van der Waals surface area contributed by atoms with Crippen LogP contribution in [0.25, 0.3) is 0 Å². The quantitative estimate of drug-likeness (QED) is 0.570. The van der Waals surface area contributed by atoms with Crippen LogP contribution < -0.4 is 10.6 Å². The molecule has 0 bridgehead atoms. The van der Waals surface area contributed by atoms with Crippen molar-refractivity contribution < 1.29 is 18.8 Å². The number of hydrogen-bond donors (Lipinski definition) is 2. The van der Waals surface area contributed by atoms with Gasteiger partial charge < -0.3 is 15.5 Å². The van der Waals surface area contributed by atoms with Crippen LogP contribution in [0.2, 0.25) is 0 Å². The maximum Gasteiger partial charge on any atom is 0.255 e. The van der Waals surface area contributed by atoms with Crippen LogP contribution in [0.15, 0.2) is 72.8 Å². The van der Waals surface area contributed by atoms with Gasteiger partial charge in [-0.3, -0.25) is 19.3 Å². The molecule has 0 saturated carbocycles. The second-order valence-corrected chi connectivity index (χ2v) is 8.47. The molecule has 1 aliphatic heterocycles. The number of carbonyl (C=O) groups is 3. The van der Waals surface area contributed by atoms with Gasteiger partial charge in [0.05, 0.1) is 6.54 Å². The van der Waals surface area contributed by atoms with Gasteiger partial charge in [0, 0.05) is 48.7 Å². The van der Waals surface area contributed by atoms with Crippen molar-refractivity contribution in [1.29, 1.82) is 0 Å². The molecule has 2 N–H and O–H groups in total. The van der Waals surface area contributed by atoms with E-state index >= 15 is 0 Å². The number of amides is 3. The van der Waals surface area contributed by atoms with Crippen LogP contribution >= 0.6 is 0 Å². The highest BCUT2D eigenvalue weighted by Gasteiger charge is 2.24. The molecule has 4 rings (SSSR count). The number of carbonyl (C=O) groups excluding carboxylic acids is 3. The third-order valence-electron chi connectivity index (χ3n) is 5.92. The molecule has 1 heterocycles. The van der Waals surface area contributed by atoms with Gasteiger partial charge >= 0.3 is 0 Å². The second-order valence-electron chi connectivity index (χ2n) is 8.47. The Bertz CT molecular complexity index is 1210. The fourth-order valence-corrected chi connectivity index (χ4v) is 3.90. The third-order valence-corrected chi connectivity index (χ3v) is 5.92. The Kier molecular flexibility index (Phi) is 7.52. The smallest absolute Gasteiger partial charge is 0.255 e. The zero-order valence-electron chi connectivity index (χ0n) is 19.5. The monoisotopic (exact) mass is 474 g/mol. The van der Waals surface area contributed by atoms with Gasteiger partial charge in [0.2, 0.25) is 5.91 Å². The molecule has 3 aromatic rings. The Hall–Kier alpha value is -4.04. The van der Waals surface area contributed by atoms with E-state index in [0.717, 1.165) is 5.56 Å². The Morgan fingerprint density at radius 1 is 0.829 bits per heavy atom. The van der Waals surface area contributed by atoms with Crippen LogP contribution in [0.5, 0.6) is 0 Å². The lowest BCUT2D eigenvalue weighted by molar-refractivity contribution is -0.117. The van der Waals surface area contributed by atoms with Crippen LogP contribution in [0.1, 0.15) is 26.3 Å². The van der Waals surface area contributed by atoms with Crippen LogP contribution in [-0.2, 0) is 4.79 Å². The molecule has 1 saturated heterocycles. The molecule has 0 aliphatic carbocycles. The van der Waals surface area contributed by atoms with E-state index in [4.69, 9.17) is 0 Å². The van der Waals surface area contributed by atoms with Crippen LogP contribution in [0.3, 0.4) is 0 Å². The molecule has 0 aromatic heterocycles. The fourth-order valence-electron chi connectivity index (χ4n) is 3.90. The summed E-state index contributed by atoms with van der Waals surface area (Å²) in [7, 11) is 0. The summed E-state index contributed by atoms with van der Waals surface area (Å²) in [6.45, 7) is 4.17. The molecule has 1 fully saturated rings. The first-order valence-electron chi connectivity index (χ1n) is 11.4. The van der Waals surface area contributed by atoms with E-state index in [9.17, 15) is 18.8 Å². The number of nitrogens with zero attached hydrogens (tertiary/aromatic N) is 2. The van der Waals surface area contributed by atoms with E-state index in [0.29, 0.717) is 48.7 Å². The summed E-state index contributed by atoms with van der Waals surface area (Å²) >= 11 is 0. The first-order valence-corrected chi connectivity index (χ1v) is 11.4. The molecule has 3 amide bonds. The maximum absolute atomic E-state index is 13.1. The van der Waals surface area contributed by atoms with Crippen LogP contribution in [-0.4, -0.2) is 60.2 Å².